The van der Waals surface area contributed by atoms with Gasteiger partial charge in [0.15, 0.2) is 18.1 Å². The number of fused-ring (bicyclic) bond motifs is 1. The Morgan fingerprint density at radius 2 is 2.00 bits per heavy atom. The van der Waals surface area contributed by atoms with Crippen LogP contribution in [0.25, 0.3) is 6.08 Å². The van der Waals surface area contributed by atoms with Crippen molar-refractivity contribution in [3.05, 3.63) is 46.8 Å². The smallest absolute Gasteiger partial charge is 0.349 e. The predicted octanol–water partition coefficient (Wildman–Crippen LogP) is 3.97. The van der Waals surface area contributed by atoms with Crippen molar-refractivity contribution in [2.24, 2.45) is 5.92 Å². The van der Waals surface area contributed by atoms with E-state index in [-0.39, 0.29) is 12.4 Å². The van der Waals surface area contributed by atoms with Crippen LogP contribution < -0.4 is 14.8 Å². The lowest BCUT2D eigenvalue weighted by molar-refractivity contribution is -0.142. The number of esters is 1. The standard InChI is InChI=1S/C24H27N3O5/c1-15(2)7-8-27-16(3)9-18(17(27)4)10-19(12-25)24(29)30-13-23(28)26-20-5-6-21-22(11-20)32-14-31-21/h5-6,9-11,15H,7-8,13-14H2,1-4H3,(H,26,28)/b19-10-. The number of ether oxygens (including phenoxy) is 3. The molecule has 168 valence electrons. The number of hydrogen-bond donors (Lipinski definition) is 1. The first-order valence-corrected chi connectivity index (χ1v) is 10.4. The van der Waals surface area contributed by atoms with E-state index in [0.717, 1.165) is 29.9 Å². The molecule has 0 atom stereocenters. The number of anilines is 1. The topological polar surface area (TPSA) is 103 Å². The predicted molar refractivity (Wildman–Crippen MR) is 119 cm³/mol. The minimum absolute atomic E-state index is 0.133. The summed E-state index contributed by atoms with van der Waals surface area (Å²) in [6, 6.07) is 8.77. The molecular formula is C24H27N3O5. The molecule has 1 aliphatic rings. The highest BCUT2D eigenvalue weighted by atomic mass is 16.7. The van der Waals surface area contributed by atoms with Gasteiger partial charge in [0.05, 0.1) is 0 Å². The molecule has 1 aliphatic heterocycles. The fraction of sp³-hybridized carbons (Fsp3) is 0.375. The van der Waals surface area contributed by atoms with Crippen molar-refractivity contribution in [1.82, 2.24) is 4.57 Å². The molecule has 3 rings (SSSR count). The number of carbonyl (C=O) groups is 2. The van der Waals surface area contributed by atoms with E-state index in [9.17, 15) is 14.9 Å². The highest BCUT2D eigenvalue weighted by Crippen LogP contribution is 2.34. The van der Waals surface area contributed by atoms with Crippen molar-refractivity contribution in [1.29, 1.82) is 5.26 Å². The van der Waals surface area contributed by atoms with Crippen LogP contribution in [0.2, 0.25) is 0 Å². The van der Waals surface area contributed by atoms with Gasteiger partial charge >= 0.3 is 5.97 Å². The molecule has 0 radical (unpaired) electrons. The van der Waals surface area contributed by atoms with Gasteiger partial charge in [-0.2, -0.15) is 5.26 Å². The van der Waals surface area contributed by atoms with Gasteiger partial charge in [0.2, 0.25) is 6.79 Å². The van der Waals surface area contributed by atoms with Gasteiger partial charge in [-0.3, -0.25) is 4.79 Å². The summed E-state index contributed by atoms with van der Waals surface area (Å²) < 4.78 is 17.7. The van der Waals surface area contributed by atoms with Gasteiger partial charge in [-0.25, -0.2) is 4.79 Å². The molecule has 32 heavy (non-hydrogen) atoms. The number of carbonyl (C=O) groups excluding carboxylic acids is 2. The highest BCUT2D eigenvalue weighted by molar-refractivity contribution is 6.00. The lowest BCUT2D eigenvalue weighted by Crippen LogP contribution is -2.21. The van der Waals surface area contributed by atoms with Crippen LogP contribution in [-0.2, 0) is 20.9 Å². The Balaban J connectivity index is 1.61. The van der Waals surface area contributed by atoms with Crippen LogP contribution in [0.4, 0.5) is 5.69 Å². The molecule has 8 nitrogen and oxygen atoms in total. The van der Waals surface area contributed by atoms with E-state index in [0.29, 0.717) is 23.1 Å². The second kappa shape index (κ2) is 10.1. The first kappa shape index (κ1) is 22.9. The zero-order valence-electron chi connectivity index (χ0n) is 18.7. The van der Waals surface area contributed by atoms with E-state index in [2.05, 4.69) is 23.7 Å². The number of nitrogens with zero attached hydrogens (tertiary/aromatic N) is 2. The third-order valence-corrected chi connectivity index (χ3v) is 5.17. The quantitative estimate of drug-likeness (QED) is 0.381. The fourth-order valence-corrected chi connectivity index (χ4v) is 3.38. The molecule has 0 saturated heterocycles. The maximum atomic E-state index is 12.4. The molecule has 0 unspecified atom stereocenters. The average molecular weight is 437 g/mol. The number of rotatable bonds is 8. The first-order chi connectivity index (χ1) is 15.3. The molecule has 2 aromatic rings. The van der Waals surface area contributed by atoms with Crippen LogP contribution in [0, 0.1) is 31.1 Å². The van der Waals surface area contributed by atoms with Crippen LogP contribution >= 0.6 is 0 Å². The molecule has 1 amide bonds. The van der Waals surface area contributed by atoms with Crippen molar-refractivity contribution in [3.8, 4) is 17.6 Å². The van der Waals surface area contributed by atoms with E-state index in [1.165, 1.54) is 6.08 Å². The van der Waals surface area contributed by atoms with Gasteiger partial charge in [0.25, 0.3) is 5.91 Å². The van der Waals surface area contributed by atoms with Gasteiger partial charge in [-0.05, 0) is 56.0 Å². The van der Waals surface area contributed by atoms with Crippen molar-refractivity contribution in [2.45, 2.75) is 40.7 Å². The molecule has 0 fully saturated rings. The molecule has 0 bridgehead atoms. The molecule has 0 saturated carbocycles. The normalized spacial score (nSPS) is 12.6. The second-order valence-electron chi connectivity index (χ2n) is 8.02. The van der Waals surface area contributed by atoms with Crippen molar-refractivity contribution in [2.75, 3.05) is 18.7 Å². The number of benzene rings is 1. The zero-order valence-corrected chi connectivity index (χ0v) is 18.7. The Hall–Kier alpha value is -3.73. The van der Waals surface area contributed by atoms with Gasteiger partial charge in [-0.15, -0.1) is 0 Å². The molecule has 0 aliphatic carbocycles. The Labute approximate surface area is 187 Å². The minimum atomic E-state index is -0.847. The Morgan fingerprint density at radius 1 is 1.25 bits per heavy atom. The number of amides is 1. The third-order valence-electron chi connectivity index (χ3n) is 5.17. The SMILES string of the molecule is Cc1cc(/C=C(/C#N)C(=O)OCC(=O)Nc2ccc3c(c2)OCO3)c(C)n1CCC(C)C. The van der Waals surface area contributed by atoms with Crippen LogP contribution in [0.1, 0.15) is 37.2 Å². The molecular weight excluding hydrogens is 410 g/mol. The summed E-state index contributed by atoms with van der Waals surface area (Å²) in [4.78, 5) is 24.5. The summed E-state index contributed by atoms with van der Waals surface area (Å²) >= 11 is 0. The van der Waals surface area contributed by atoms with E-state index >= 15 is 0 Å². The van der Waals surface area contributed by atoms with E-state index in [4.69, 9.17) is 14.2 Å². The highest BCUT2D eigenvalue weighted by Gasteiger charge is 2.17. The first-order valence-electron chi connectivity index (χ1n) is 10.4. The fourth-order valence-electron chi connectivity index (χ4n) is 3.38. The average Bonchev–Trinajstić information content (AvgIpc) is 3.32. The molecule has 0 spiro atoms. The summed E-state index contributed by atoms with van der Waals surface area (Å²) in [5, 5.41) is 12.1. The molecule has 1 aromatic heterocycles. The van der Waals surface area contributed by atoms with Crippen LogP contribution in [0.15, 0.2) is 29.8 Å². The molecule has 2 heterocycles. The monoisotopic (exact) mass is 437 g/mol. The second-order valence-corrected chi connectivity index (χ2v) is 8.02. The Morgan fingerprint density at radius 3 is 2.72 bits per heavy atom. The number of nitrogens with one attached hydrogen (secondary N) is 1. The van der Waals surface area contributed by atoms with Gasteiger partial charge in [0, 0.05) is 29.7 Å². The number of aromatic nitrogens is 1. The molecule has 1 N–H and O–H groups in total. The lowest BCUT2D eigenvalue weighted by Gasteiger charge is -2.11. The largest absolute Gasteiger partial charge is 0.454 e. The number of hydrogen-bond acceptors (Lipinski definition) is 6. The van der Waals surface area contributed by atoms with Gasteiger partial charge in [0.1, 0.15) is 11.6 Å². The summed E-state index contributed by atoms with van der Waals surface area (Å²) in [5.41, 5.74) is 3.14. The zero-order chi connectivity index (χ0) is 23.3. The van der Waals surface area contributed by atoms with Crippen LogP contribution in [-0.4, -0.2) is 29.8 Å². The Kier molecular flexibility index (Phi) is 7.21. The molecule has 8 heteroatoms. The van der Waals surface area contributed by atoms with E-state index in [1.54, 1.807) is 18.2 Å². The van der Waals surface area contributed by atoms with Gasteiger partial charge < -0.3 is 24.1 Å². The Bertz CT molecular complexity index is 1090. The van der Waals surface area contributed by atoms with E-state index < -0.39 is 18.5 Å². The van der Waals surface area contributed by atoms with E-state index in [1.807, 2.05) is 26.0 Å². The lowest BCUT2D eigenvalue weighted by atomic mass is 10.1. The maximum Gasteiger partial charge on any atom is 0.349 e. The van der Waals surface area contributed by atoms with Crippen molar-refractivity contribution >= 4 is 23.6 Å². The van der Waals surface area contributed by atoms with Gasteiger partial charge in [-0.1, -0.05) is 13.8 Å². The van der Waals surface area contributed by atoms with Crippen molar-refractivity contribution < 1.29 is 23.8 Å². The number of nitriles is 1. The summed E-state index contributed by atoms with van der Waals surface area (Å²) in [7, 11) is 0. The molecule has 1 aromatic carbocycles. The maximum absolute atomic E-state index is 12.4. The number of aryl methyl sites for hydroxylation is 1. The van der Waals surface area contributed by atoms with Crippen LogP contribution in [0.5, 0.6) is 11.5 Å². The minimum Gasteiger partial charge on any atom is -0.454 e. The third kappa shape index (κ3) is 5.49. The van der Waals surface area contributed by atoms with Crippen molar-refractivity contribution in [3.63, 3.8) is 0 Å². The summed E-state index contributed by atoms with van der Waals surface area (Å²) in [6.45, 7) is 8.78. The summed E-state index contributed by atoms with van der Waals surface area (Å²) in [6.07, 6.45) is 2.54. The van der Waals surface area contributed by atoms with Crippen LogP contribution in [0.3, 0.4) is 0 Å². The summed E-state index contributed by atoms with van der Waals surface area (Å²) in [5.74, 6) is 0.327.